The minimum Gasteiger partial charge on any atom is -0.462 e. The van der Waals surface area contributed by atoms with Crippen molar-refractivity contribution in [2.75, 3.05) is 12.3 Å². The number of benzene rings is 1. The molecule has 1 aromatic heterocycles. The highest BCUT2D eigenvalue weighted by atomic mass is 19.1. The Hall–Kier alpha value is -2.50. The van der Waals surface area contributed by atoms with Crippen molar-refractivity contribution >= 4 is 11.8 Å². The largest absolute Gasteiger partial charge is 0.462 e. The Labute approximate surface area is 115 Å². The van der Waals surface area contributed by atoms with Gasteiger partial charge in [-0.2, -0.15) is 0 Å². The summed E-state index contributed by atoms with van der Waals surface area (Å²) < 4.78 is 17.9. The van der Waals surface area contributed by atoms with Crippen molar-refractivity contribution in [3.63, 3.8) is 0 Å². The standard InChI is InChI=1S/C14H14FN3O2/c1-3-20-14(19)11-7-17-13(18-12(11)16)10-5-4-9(15)6-8(10)2/h4-7H,3H2,1-2H3,(H2,16,17,18). The first-order chi connectivity index (χ1) is 9.52. The molecule has 0 aliphatic rings. The third-order valence-corrected chi connectivity index (χ3v) is 2.74. The van der Waals surface area contributed by atoms with E-state index in [1.807, 2.05) is 0 Å². The van der Waals surface area contributed by atoms with Crippen molar-refractivity contribution in [1.29, 1.82) is 0 Å². The van der Waals surface area contributed by atoms with Crippen LogP contribution in [-0.2, 0) is 4.74 Å². The van der Waals surface area contributed by atoms with Gasteiger partial charge in [-0.1, -0.05) is 0 Å². The summed E-state index contributed by atoms with van der Waals surface area (Å²) in [6, 6.07) is 4.28. The smallest absolute Gasteiger partial charge is 0.343 e. The quantitative estimate of drug-likeness (QED) is 0.870. The van der Waals surface area contributed by atoms with E-state index >= 15 is 0 Å². The molecule has 2 N–H and O–H groups in total. The summed E-state index contributed by atoms with van der Waals surface area (Å²) in [5.41, 5.74) is 7.21. The molecule has 0 saturated carbocycles. The van der Waals surface area contributed by atoms with E-state index in [4.69, 9.17) is 10.5 Å². The van der Waals surface area contributed by atoms with Crippen molar-refractivity contribution < 1.29 is 13.9 Å². The average molecular weight is 275 g/mol. The van der Waals surface area contributed by atoms with Gasteiger partial charge >= 0.3 is 5.97 Å². The first-order valence-electron chi connectivity index (χ1n) is 6.09. The number of halogens is 1. The van der Waals surface area contributed by atoms with Crippen molar-refractivity contribution in [1.82, 2.24) is 9.97 Å². The van der Waals surface area contributed by atoms with Crippen LogP contribution in [0.25, 0.3) is 11.4 Å². The van der Waals surface area contributed by atoms with Crippen molar-refractivity contribution in [3.05, 3.63) is 41.3 Å². The summed E-state index contributed by atoms with van der Waals surface area (Å²) in [5.74, 6) is -0.514. The Kier molecular flexibility index (Phi) is 3.93. The second-order valence-corrected chi connectivity index (χ2v) is 4.17. The average Bonchev–Trinajstić information content (AvgIpc) is 2.38. The number of anilines is 1. The molecule has 0 fully saturated rings. The van der Waals surface area contributed by atoms with Gasteiger partial charge in [0.25, 0.3) is 0 Å². The SMILES string of the molecule is CCOC(=O)c1cnc(-c2ccc(F)cc2C)nc1N. The van der Waals surface area contributed by atoms with Crippen LogP contribution >= 0.6 is 0 Å². The number of nitrogens with two attached hydrogens (primary N) is 1. The van der Waals surface area contributed by atoms with Crippen LogP contribution in [0.5, 0.6) is 0 Å². The number of nitrogens with zero attached hydrogens (tertiary/aromatic N) is 2. The fraction of sp³-hybridized carbons (Fsp3) is 0.214. The zero-order valence-electron chi connectivity index (χ0n) is 11.2. The van der Waals surface area contributed by atoms with E-state index in [9.17, 15) is 9.18 Å². The number of aromatic nitrogens is 2. The van der Waals surface area contributed by atoms with E-state index in [1.165, 1.54) is 18.3 Å². The molecule has 0 aliphatic carbocycles. The molecule has 0 spiro atoms. The number of esters is 1. The van der Waals surface area contributed by atoms with E-state index in [1.54, 1.807) is 19.9 Å². The molecule has 2 rings (SSSR count). The molecule has 1 heterocycles. The summed E-state index contributed by atoms with van der Waals surface area (Å²) in [6.07, 6.45) is 1.32. The molecule has 0 unspecified atom stereocenters. The number of carbonyl (C=O) groups is 1. The third kappa shape index (κ3) is 2.74. The zero-order valence-corrected chi connectivity index (χ0v) is 11.2. The van der Waals surface area contributed by atoms with E-state index in [2.05, 4.69) is 9.97 Å². The second kappa shape index (κ2) is 5.64. The number of hydrogen-bond acceptors (Lipinski definition) is 5. The van der Waals surface area contributed by atoms with E-state index in [0.29, 0.717) is 17.0 Å². The van der Waals surface area contributed by atoms with Gasteiger partial charge in [0.2, 0.25) is 0 Å². The van der Waals surface area contributed by atoms with Gasteiger partial charge in [-0.3, -0.25) is 0 Å². The van der Waals surface area contributed by atoms with Crippen LogP contribution in [0.15, 0.2) is 24.4 Å². The highest BCUT2D eigenvalue weighted by molar-refractivity contribution is 5.94. The van der Waals surface area contributed by atoms with E-state index < -0.39 is 5.97 Å². The predicted molar refractivity (Wildman–Crippen MR) is 72.5 cm³/mol. The molecule has 0 atom stereocenters. The molecule has 104 valence electrons. The van der Waals surface area contributed by atoms with Gasteiger partial charge < -0.3 is 10.5 Å². The third-order valence-electron chi connectivity index (χ3n) is 2.74. The Morgan fingerprint density at radius 2 is 2.20 bits per heavy atom. The molecule has 0 radical (unpaired) electrons. The number of ether oxygens (including phenoxy) is 1. The lowest BCUT2D eigenvalue weighted by Gasteiger charge is -2.08. The second-order valence-electron chi connectivity index (χ2n) is 4.17. The zero-order chi connectivity index (χ0) is 14.7. The van der Waals surface area contributed by atoms with Crippen LogP contribution in [0.2, 0.25) is 0 Å². The summed E-state index contributed by atoms with van der Waals surface area (Å²) in [4.78, 5) is 19.8. The number of rotatable bonds is 3. The Bertz CT molecular complexity index is 659. The minimum atomic E-state index is -0.563. The van der Waals surface area contributed by atoms with E-state index in [0.717, 1.165) is 0 Å². The Morgan fingerprint density at radius 1 is 1.45 bits per heavy atom. The highest BCUT2D eigenvalue weighted by Gasteiger charge is 2.15. The predicted octanol–water partition coefficient (Wildman–Crippen LogP) is 2.35. The first-order valence-corrected chi connectivity index (χ1v) is 6.09. The van der Waals surface area contributed by atoms with Crippen molar-refractivity contribution in [2.45, 2.75) is 13.8 Å². The maximum absolute atomic E-state index is 13.1. The molecule has 2 aromatic rings. The molecular formula is C14H14FN3O2. The molecule has 6 heteroatoms. The summed E-state index contributed by atoms with van der Waals surface area (Å²) in [5, 5.41) is 0. The number of hydrogen-bond donors (Lipinski definition) is 1. The number of carbonyl (C=O) groups excluding carboxylic acids is 1. The lowest BCUT2D eigenvalue weighted by Crippen LogP contribution is -2.11. The lowest BCUT2D eigenvalue weighted by molar-refractivity contribution is 0.0527. The maximum Gasteiger partial charge on any atom is 0.343 e. The van der Waals surface area contributed by atoms with Gasteiger partial charge in [0.1, 0.15) is 17.2 Å². The van der Waals surface area contributed by atoms with E-state index in [-0.39, 0.29) is 23.8 Å². The van der Waals surface area contributed by atoms with Gasteiger partial charge in [0.15, 0.2) is 5.82 Å². The molecule has 0 saturated heterocycles. The highest BCUT2D eigenvalue weighted by Crippen LogP contribution is 2.22. The lowest BCUT2D eigenvalue weighted by atomic mass is 10.1. The molecule has 1 aromatic carbocycles. The van der Waals surface area contributed by atoms with Gasteiger partial charge in [0.05, 0.1) is 6.61 Å². The Morgan fingerprint density at radius 3 is 2.80 bits per heavy atom. The van der Waals surface area contributed by atoms with Crippen LogP contribution < -0.4 is 5.73 Å². The fourth-order valence-corrected chi connectivity index (χ4v) is 1.77. The number of nitrogen functional groups attached to an aromatic ring is 1. The monoisotopic (exact) mass is 275 g/mol. The van der Waals surface area contributed by atoms with Gasteiger partial charge in [-0.05, 0) is 37.6 Å². The molecule has 0 bridgehead atoms. The molecular weight excluding hydrogens is 261 g/mol. The Balaban J connectivity index is 2.40. The maximum atomic E-state index is 13.1. The summed E-state index contributed by atoms with van der Waals surface area (Å²) in [7, 11) is 0. The summed E-state index contributed by atoms with van der Waals surface area (Å²) in [6.45, 7) is 3.69. The van der Waals surface area contributed by atoms with Crippen LogP contribution in [0.1, 0.15) is 22.8 Å². The molecule has 0 amide bonds. The van der Waals surface area contributed by atoms with Crippen molar-refractivity contribution in [2.24, 2.45) is 0 Å². The van der Waals surface area contributed by atoms with Crippen LogP contribution in [-0.4, -0.2) is 22.5 Å². The van der Waals surface area contributed by atoms with Gasteiger partial charge in [-0.15, -0.1) is 0 Å². The van der Waals surface area contributed by atoms with Crippen molar-refractivity contribution in [3.8, 4) is 11.4 Å². The van der Waals surface area contributed by atoms with Crippen LogP contribution in [0.4, 0.5) is 10.2 Å². The molecule has 0 aliphatic heterocycles. The van der Waals surface area contributed by atoms with Gasteiger partial charge in [-0.25, -0.2) is 19.2 Å². The molecule has 20 heavy (non-hydrogen) atoms. The van der Waals surface area contributed by atoms with Crippen LogP contribution in [0, 0.1) is 12.7 Å². The normalized spacial score (nSPS) is 10.3. The number of aryl methyl sites for hydroxylation is 1. The topological polar surface area (TPSA) is 78.1 Å². The van der Waals surface area contributed by atoms with Gasteiger partial charge in [0, 0.05) is 11.8 Å². The fourth-order valence-electron chi connectivity index (χ4n) is 1.77. The minimum absolute atomic E-state index is 0.0391. The first kappa shape index (κ1) is 13.9. The van der Waals surface area contributed by atoms with Crippen LogP contribution in [0.3, 0.4) is 0 Å². The summed E-state index contributed by atoms with van der Waals surface area (Å²) >= 11 is 0. The molecule has 5 nitrogen and oxygen atoms in total.